The Bertz CT molecular complexity index is 1090. The van der Waals surface area contributed by atoms with Gasteiger partial charge in [0.05, 0.1) is 24.4 Å². The van der Waals surface area contributed by atoms with Gasteiger partial charge in [-0.15, -0.1) is 11.3 Å². The van der Waals surface area contributed by atoms with Gasteiger partial charge in [0, 0.05) is 24.4 Å². The summed E-state index contributed by atoms with van der Waals surface area (Å²) in [5.41, 5.74) is 1.99. The lowest BCUT2D eigenvalue weighted by Gasteiger charge is -2.37. The highest BCUT2D eigenvalue weighted by Gasteiger charge is 2.29. The topological polar surface area (TPSA) is 64.4 Å². The lowest BCUT2D eigenvalue weighted by Crippen LogP contribution is -2.46. The molecule has 3 aromatic rings. The molecule has 0 radical (unpaired) electrons. The first kappa shape index (κ1) is 19.8. The van der Waals surface area contributed by atoms with Crippen molar-refractivity contribution in [3.63, 3.8) is 0 Å². The molecule has 3 heterocycles. The second kappa shape index (κ2) is 8.08. The zero-order chi connectivity index (χ0) is 20.5. The van der Waals surface area contributed by atoms with Gasteiger partial charge in [-0.2, -0.15) is 0 Å². The fourth-order valence-electron chi connectivity index (χ4n) is 3.81. The smallest absolute Gasteiger partial charge is 0.262 e. The molecule has 2 atom stereocenters. The van der Waals surface area contributed by atoms with Crippen LogP contribution in [0.1, 0.15) is 35.5 Å². The van der Waals surface area contributed by atoms with Gasteiger partial charge in [-0.05, 0) is 31.9 Å². The van der Waals surface area contributed by atoms with Crippen molar-refractivity contribution in [1.29, 1.82) is 0 Å². The van der Waals surface area contributed by atoms with Crippen molar-refractivity contribution < 1.29 is 9.53 Å². The summed E-state index contributed by atoms with van der Waals surface area (Å²) < 4.78 is 7.59. The van der Waals surface area contributed by atoms with Crippen LogP contribution >= 0.6 is 11.3 Å². The van der Waals surface area contributed by atoms with Gasteiger partial charge in [0.25, 0.3) is 5.56 Å². The van der Waals surface area contributed by atoms with Crippen LogP contribution in [0.4, 0.5) is 0 Å². The Hall–Kier alpha value is -2.51. The van der Waals surface area contributed by atoms with E-state index in [9.17, 15) is 9.59 Å². The second-order valence-corrected chi connectivity index (χ2v) is 8.80. The molecule has 0 N–H and O–H groups in total. The van der Waals surface area contributed by atoms with Crippen LogP contribution in [0.25, 0.3) is 10.2 Å². The molecule has 1 fully saturated rings. The lowest BCUT2D eigenvalue weighted by atomic mass is 10.1. The molecule has 0 unspecified atom stereocenters. The predicted octanol–water partition coefficient (Wildman–Crippen LogP) is 3.45. The summed E-state index contributed by atoms with van der Waals surface area (Å²) in [5.74, 6) is 0.0336. The number of benzene rings is 1. The van der Waals surface area contributed by atoms with Crippen molar-refractivity contribution in [3.8, 4) is 0 Å². The average Bonchev–Trinajstić information content (AvgIpc) is 3.02. The maximum Gasteiger partial charge on any atom is 0.262 e. The molecule has 29 heavy (non-hydrogen) atoms. The molecule has 1 aliphatic rings. The first-order valence-electron chi connectivity index (χ1n) is 9.87. The van der Waals surface area contributed by atoms with Gasteiger partial charge in [0.15, 0.2) is 0 Å². The van der Waals surface area contributed by atoms with Crippen LogP contribution in [0.3, 0.4) is 0 Å². The number of amides is 1. The summed E-state index contributed by atoms with van der Waals surface area (Å²) in [6.07, 6.45) is 1.67. The van der Waals surface area contributed by atoms with Crippen molar-refractivity contribution >= 4 is 27.5 Å². The van der Waals surface area contributed by atoms with E-state index in [0.29, 0.717) is 25.0 Å². The zero-order valence-electron chi connectivity index (χ0n) is 16.9. The van der Waals surface area contributed by atoms with E-state index < -0.39 is 0 Å². The monoisotopic (exact) mass is 411 g/mol. The SMILES string of the molecule is Cc1sc2ncn(CCC(=O)N3C[C@H](C)O[C@@H](c4ccccc4)C3)c(=O)c2c1C. The maximum absolute atomic E-state index is 12.9. The van der Waals surface area contributed by atoms with E-state index >= 15 is 0 Å². The number of morpholine rings is 1. The van der Waals surface area contributed by atoms with Crippen LogP contribution in [0.5, 0.6) is 0 Å². The number of hydrogen-bond donors (Lipinski definition) is 0. The predicted molar refractivity (Wildman–Crippen MR) is 114 cm³/mol. The molecule has 152 valence electrons. The fraction of sp³-hybridized carbons (Fsp3) is 0.409. The number of ether oxygens (including phenoxy) is 1. The van der Waals surface area contributed by atoms with Gasteiger partial charge in [-0.1, -0.05) is 30.3 Å². The van der Waals surface area contributed by atoms with Crippen LogP contribution in [0.15, 0.2) is 41.5 Å². The summed E-state index contributed by atoms with van der Waals surface area (Å²) >= 11 is 1.53. The summed E-state index contributed by atoms with van der Waals surface area (Å²) in [6.45, 7) is 7.36. The number of thiophene rings is 1. The van der Waals surface area contributed by atoms with Crippen molar-refractivity contribution in [2.24, 2.45) is 0 Å². The maximum atomic E-state index is 12.9. The minimum atomic E-state index is -0.124. The van der Waals surface area contributed by atoms with E-state index in [-0.39, 0.29) is 30.1 Å². The Morgan fingerprint density at radius 2 is 2.00 bits per heavy atom. The Morgan fingerprint density at radius 3 is 2.76 bits per heavy atom. The fourth-order valence-corrected chi connectivity index (χ4v) is 4.80. The number of aromatic nitrogens is 2. The number of hydrogen-bond acceptors (Lipinski definition) is 5. The standard InChI is InChI=1S/C22H25N3O3S/c1-14-11-25(12-18(28-14)17-7-5-4-6-8-17)19(26)9-10-24-13-23-21-20(22(24)27)15(2)16(3)29-21/h4-8,13-14,18H,9-12H2,1-3H3/t14-,18+/m0/s1. The Morgan fingerprint density at radius 1 is 1.24 bits per heavy atom. The Kier molecular flexibility index (Phi) is 5.52. The van der Waals surface area contributed by atoms with E-state index in [1.165, 1.54) is 11.3 Å². The molecule has 1 saturated heterocycles. The lowest BCUT2D eigenvalue weighted by molar-refractivity contribution is -0.145. The average molecular weight is 412 g/mol. The van der Waals surface area contributed by atoms with Crippen LogP contribution in [-0.2, 0) is 16.1 Å². The Labute approximate surface area is 173 Å². The van der Waals surface area contributed by atoms with Crippen LogP contribution in [-0.4, -0.2) is 39.6 Å². The normalized spacial score (nSPS) is 19.6. The van der Waals surface area contributed by atoms with Crippen molar-refractivity contribution in [2.75, 3.05) is 13.1 Å². The highest BCUT2D eigenvalue weighted by molar-refractivity contribution is 7.18. The molecule has 4 rings (SSSR count). The molecule has 1 aliphatic heterocycles. The number of fused-ring (bicyclic) bond motifs is 1. The minimum absolute atomic E-state index is 0.0323. The van der Waals surface area contributed by atoms with Gasteiger partial charge < -0.3 is 9.64 Å². The molecular formula is C22H25N3O3S. The number of rotatable bonds is 4. The van der Waals surface area contributed by atoms with E-state index in [4.69, 9.17) is 4.74 Å². The molecule has 1 amide bonds. The first-order valence-corrected chi connectivity index (χ1v) is 10.7. The molecule has 6 nitrogen and oxygen atoms in total. The highest BCUT2D eigenvalue weighted by atomic mass is 32.1. The molecule has 2 aromatic heterocycles. The Balaban J connectivity index is 1.47. The minimum Gasteiger partial charge on any atom is -0.367 e. The number of nitrogens with zero attached hydrogens (tertiary/aromatic N) is 3. The molecule has 7 heteroatoms. The van der Waals surface area contributed by atoms with E-state index in [1.807, 2.05) is 56.0 Å². The molecule has 0 saturated carbocycles. The zero-order valence-corrected chi connectivity index (χ0v) is 17.7. The molecule has 0 aliphatic carbocycles. The third-order valence-corrected chi connectivity index (χ3v) is 6.62. The summed E-state index contributed by atoms with van der Waals surface area (Å²) in [5, 5.41) is 0.673. The molecular weight excluding hydrogens is 386 g/mol. The van der Waals surface area contributed by atoms with E-state index in [2.05, 4.69) is 4.98 Å². The largest absolute Gasteiger partial charge is 0.367 e. The number of carbonyl (C=O) groups is 1. The van der Waals surface area contributed by atoms with Gasteiger partial charge in [0.1, 0.15) is 10.9 Å². The summed E-state index contributed by atoms with van der Waals surface area (Å²) in [7, 11) is 0. The third-order valence-electron chi connectivity index (χ3n) is 5.51. The van der Waals surface area contributed by atoms with Gasteiger partial charge in [-0.25, -0.2) is 4.98 Å². The summed E-state index contributed by atoms with van der Waals surface area (Å²) in [4.78, 5) is 33.8. The van der Waals surface area contributed by atoms with Crippen LogP contribution < -0.4 is 5.56 Å². The highest BCUT2D eigenvalue weighted by Crippen LogP contribution is 2.26. The van der Waals surface area contributed by atoms with Crippen molar-refractivity contribution in [1.82, 2.24) is 14.5 Å². The van der Waals surface area contributed by atoms with Gasteiger partial charge in [0.2, 0.25) is 5.91 Å². The molecule has 1 aromatic carbocycles. The quantitative estimate of drug-likeness (QED) is 0.660. The van der Waals surface area contributed by atoms with Crippen LogP contribution in [0.2, 0.25) is 0 Å². The molecule has 0 spiro atoms. The van der Waals surface area contributed by atoms with Crippen molar-refractivity contribution in [3.05, 3.63) is 63.0 Å². The van der Waals surface area contributed by atoms with Gasteiger partial charge in [-0.3, -0.25) is 14.2 Å². The first-order chi connectivity index (χ1) is 13.9. The van der Waals surface area contributed by atoms with Crippen molar-refractivity contribution in [2.45, 2.75) is 45.9 Å². The second-order valence-electron chi connectivity index (χ2n) is 7.60. The number of carbonyl (C=O) groups excluding carboxylic acids is 1. The van der Waals surface area contributed by atoms with E-state index in [0.717, 1.165) is 20.8 Å². The summed E-state index contributed by atoms with van der Waals surface area (Å²) in [6, 6.07) is 9.98. The molecule has 0 bridgehead atoms. The van der Waals surface area contributed by atoms with Gasteiger partial charge >= 0.3 is 0 Å². The van der Waals surface area contributed by atoms with E-state index in [1.54, 1.807) is 10.9 Å². The number of aryl methyl sites for hydroxylation is 3. The third kappa shape index (κ3) is 3.97. The van der Waals surface area contributed by atoms with Crippen LogP contribution in [0, 0.1) is 13.8 Å².